The maximum absolute atomic E-state index is 13.8. The van der Waals surface area contributed by atoms with Crippen molar-refractivity contribution in [3.63, 3.8) is 0 Å². The Hall–Kier alpha value is -3.43. The molecular weight excluding hydrogens is 402 g/mol. The Morgan fingerprint density at radius 3 is 2.35 bits per heavy atom. The first kappa shape index (κ1) is 20.8. The van der Waals surface area contributed by atoms with Crippen molar-refractivity contribution in [2.75, 3.05) is 4.90 Å². The molecule has 162 valence electrons. The van der Waals surface area contributed by atoms with Gasteiger partial charge < -0.3 is 4.90 Å². The molecule has 0 aliphatic heterocycles. The summed E-state index contributed by atoms with van der Waals surface area (Å²) in [6.07, 6.45) is 0.732. The van der Waals surface area contributed by atoms with E-state index in [1.807, 2.05) is 30.4 Å². The second-order valence-electron chi connectivity index (χ2n) is 7.43. The molecule has 0 N–H and O–H groups in total. The molecule has 0 amide bonds. The molecular formula is C21H24F2N8. The highest BCUT2D eigenvalue weighted by Crippen LogP contribution is 2.24. The quantitative estimate of drug-likeness (QED) is 0.451. The van der Waals surface area contributed by atoms with Gasteiger partial charge in [-0.25, -0.2) is 18.4 Å². The Bertz CT molecular complexity index is 1210. The average molecular weight is 426 g/mol. The molecule has 0 radical (unpaired) electrons. The molecule has 0 fully saturated rings. The van der Waals surface area contributed by atoms with Crippen LogP contribution in [0.2, 0.25) is 0 Å². The van der Waals surface area contributed by atoms with Crippen molar-refractivity contribution in [3.8, 4) is 0 Å². The minimum atomic E-state index is -0.623. The number of rotatable bonds is 7. The molecule has 31 heavy (non-hydrogen) atoms. The number of pyridine rings is 1. The molecule has 0 saturated heterocycles. The van der Waals surface area contributed by atoms with E-state index in [9.17, 15) is 8.78 Å². The van der Waals surface area contributed by atoms with Crippen molar-refractivity contribution >= 4 is 17.0 Å². The zero-order chi connectivity index (χ0) is 22.1. The number of fused-ring (bicyclic) bond motifs is 1. The van der Waals surface area contributed by atoms with E-state index in [0.717, 1.165) is 47.0 Å². The van der Waals surface area contributed by atoms with Crippen LogP contribution in [0.3, 0.4) is 0 Å². The number of hydrogen-bond donors (Lipinski definition) is 0. The second kappa shape index (κ2) is 8.37. The number of hydrogen-bond acceptors (Lipinski definition) is 6. The van der Waals surface area contributed by atoms with Gasteiger partial charge in [-0.15, -0.1) is 5.10 Å². The number of anilines is 1. The molecule has 8 nitrogen and oxygen atoms in total. The third kappa shape index (κ3) is 4.23. The van der Waals surface area contributed by atoms with Gasteiger partial charge in [0.05, 0.1) is 12.7 Å². The molecule has 1 aromatic carbocycles. The van der Waals surface area contributed by atoms with E-state index in [2.05, 4.69) is 26.6 Å². The lowest BCUT2D eigenvalue weighted by Gasteiger charge is -2.22. The van der Waals surface area contributed by atoms with Crippen LogP contribution in [0.1, 0.15) is 36.4 Å². The summed E-state index contributed by atoms with van der Waals surface area (Å²) in [6, 6.07) is 5.56. The highest BCUT2D eigenvalue weighted by atomic mass is 19.1. The predicted molar refractivity (Wildman–Crippen MR) is 112 cm³/mol. The van der Waals surface area contributed by atoms with Crippen LogP contribution in [0.4, 0.5) is 14.7 Å². The van der Waals surface area contributed by atoms with E-state index >= 15 is 0 Å². The van der Waals surface area contributed by atoms with Gasteiger partial charge in [-0.3, -0.25) is 0 Å². The summed E-state index contributed by atoms with van der Waals surface area (Å²) in [5.74, 6) is -0.876. The molecule has 0 atom stereocenters. The topological polar surface area (TPSA) is 77.6 Å². The minimum absolute atomic E-state index is 0.217. The summed E-state index contributed by atoms with van der Waals surface area (Å²) in [5.41, 5.74) is 4.16. The molecule has 4 rings (SSSR count). The van der Waals surface area contributed by atoms with E-state index in [1.165, 1.54) is 16.9 Å². The van der Waals surface area contributed by atoms with E-state index < -0.39 is 11.6 Å². The van der Waals surface area contributed by atoms with Crippen molar-refractivity contribution in [1.82, 2.24) is 35.0 Å². The summed E-state index contributed by atoms with van der Waals surface area (Å²) < 4.78 is 29.4. The lowest BCUT2D eigenvalue weighted by molar-refractivity contribution is 0.578. The van der Waals surface area contributed by atoms with Crippen molar-refractivity contribution in [2.45, 2.75) is 46.8 Å². The van der Waals surface area contributed by atoms with Crippen LogP contribution >= 0.6 is 0 Å². The van der Waals surface area contributed by atoms with Gasteiger partial charge in [-0.2, -0.15) is 9.90 Å². The normalized spacial score (nSPS) is 11.4. The Balaban J connectivity index is 1.75. The summed E-state index contributed by atoms with van der Waals surface area (Å²) in [4.78, 5) is 8.05. The smallest absolute Gasteiger partial charge is 0.266 e. The summed E-state index contributed by atoms with van der Waals surface area (Å²) in [6.45, 7) is 7.40. The van der Waals surface area contributed by atoms with Gasteiger partial charge in [-0.05, 0) is 54.8 Å². The molecule has 4 aromatic rings. The molecule has 0 saturated carbocycles. The fourth-order valence-electron chi connectivity index (χ4n) is 3.72. The molecule has 0 spiro atoms. The van der Waals surface area contributed by atoms with Crippen LogP contribution in [0.15, 0.2) is 24.3 Å². The predicted octanol–water partition coefficient (Wildman–Crippen LogP) is 3.33. The maximum atomic E-state index is 13.8. The number of halogens is 2. The highest BCUT2D eigenvalue weighted by molar-refractivity contribution is 5.79. The lowest BCUT2D eigenvalue weighted by atomic mass is 10.1. The zero-order valence-electron chi connectivity index (χ0n) is 18.0. The standard InChI is InChI=1S/C21H24F2N8/c1-5-19-15(9-18-13(3)26-31(6-2)20(18)24-19)12-30(21-25-28-29(4)27-21)11-14-7-16(22)10-17(23)8-14/h7-10H,5-6,11-12H2,1-4H3. The van der Waals surface area contributed by atoms with Gasteiger partial charge in [0.15, 0.2) is 5.65 Å². The third-order valence-electron chi connectivity index (χ3n) is 5.15. The summed E-state index contributed by atoms with van der Waals surface area (Å²) in [5, 5.41) is 17.9. The molecule has 3 aromatic heterocycles. The van der Waals surface area contributed by atoms with E-state index in [4.69, 9.17) is 4.98 Å². The van der Waals surface area contributed by atoms with E-state index in [0.29, 0.717) is 18.1 Å². The van der Waals surface area contributed by atoms with Crippen molar-refractivity contribution in [2.24, 2.45) is 7.05 Å². The number of aromatic nitrogens is 7. The summed E-state index contributed by atoms with van der Waals surface area (Å²) in [7, 11) is 1.67. The van der Waals surface area contributed by atoms with Gasteiger partial charge in [0.2, 0.25) is 0 Å². The molecule has 0 bridgehead atoms. The molecule has 0 aliphatic rings. The van der Waals surface area contributed by atoms with Crippen LogP contribution in [0, 0.1) is 18.6 Å². The lowest BCUT2D eigenvalue weighted by Crippen LogP contribution is -2.24. The van der Waals surface area contributed by atoms with Crippen LogP contribution in [0.25, 0.3) is 11.0 Å². The number of aryl methyl sites for hydroxylation is 4. The molecule has 10 heteroatoms. The number of tetrazole rings is 1. The third-order valence-corrected chi connectivity index (χ3v) is 5.15. The van der Waals surface area contributed by atoms with Crippen molar-refractivity contribution < 1.29 is 8.78 Å². The first-order valence-corrected chi connectivity index (χ1v) is 10.2. The molecule has 0 unspecified atom stereocenters. The van der Waals surface area contributed by atoms with Gasteiger partial charge in [0.25, 0.3) is 5.95 Å². The van der Waals surface area contributed by atoms with Crippen LogP contribution in [0.5, 0.6) is 0 Å². The van der Waals surface area contributed by atoms with Gasteiger partial charge in [0, 0.05) is 36.8 Å². The Morgan fingerprint density at radius 1 is 1.00 bits per heavy atom. The largest absolute Gasteiger partial charge is 0.329 e. The average Bonchev–Trinajstić information content (AvgIpc) is 3.29. The Morgan fingerprint density at radius 2 is 1.74 bits per heavy atom. The van der Waals surface area contributed by atoms with Gasteiger partial charge in [-0.1, -0.05) is 12.0 Å². The summed E-state index contributed by atoms with van der Waals surface area (Å²) >= 11 is 0. The Labute approximate surface area is 178 Å². The van der Waals surface area contributed by atoms with Gasteiger partial charge >= 0.3 is 0 Å². The first-order chi connectivity index (χ1) is 14.9. The SMILES string of the molecule is CCc1nc2c(cc1CN(Cc1cc(F)cc(F)c1)c1nnn(C)n1)c(C)nn2CC. The van der Waals surface area contributed by atoms with Gasteiger partial charge in [0.1, 0.15) is 11.6 Å². The van der Waals surface area contributed by atoms with E-state index in [1.54, 1.807) is 7.05 Å². The van der Waals surface area contributed by atoms with Crippen LogP contribution in [-0.2, 0) is 33.1 Å². The molecule has 0 aliphatic carbocycles. The van der Waals surface area contributed by atoms with Crippen LogP contribution < -0.4 is 4.90 Å². The fraction of sp³-hybridized carbons (Fsp3) is 0.381. The minimum Gasteiger partial charge on any atom is -0.329 e. The first-order valence-electron chi connectivity index (χ1n) is 10.2. The zero-order valence-corrected chi connectivity index (χ0v) is 18.0. The molecule has 3 heterocycles. The fourth-order valence-corrected chi connectivity index (χ4v) is 3.72. The highest BCUT2D eigenvalue weighted by Gasteiger charge is 2.19. The Kier molecular flexibility index (Phi) is 5.62. The van der Waals surface area contributed by atoms with Crippen molar-refractivity contribution in [1.29, 1.82) is 0 Å². The number of benzene rings is 1. The maximum Gasteiger partial charge on any atom is 0.266 e. The van der Waals surface area contributed by atoms with Crippen molar-refractivity contribution in [3.05, 3.63) is 58.4 Å². The monoisotopic (exact) mass is 426 g/mol. The second-order valence-corrected chi connectivity index (χ2v) is 7.43. The van der Waals surface area contributed by atoms with Crippen LogP contribution in [-0.4, -0.2) is 35.0 Å². The van der Waals surface area contributed by atoms with E-state index in [-0.39, 0.29) is 6.54 Å². The number of nitrogens with zero attached hydrogens (tertiary/aromatic N) is 8.